The van der Waals surface area contributed by atoms with Crippen molar-refractivity contribution in [2.45, 2.75) is 26.3 Å². The van der Waals surface area contributed by atoms with Crippen LogP contribution in [0.3, 0.4) is 0 Å². The van der Waals surface area contributed by atoms with E-state index in [0.29, 0.717) is 5.92 Å². The highest BCUT2D eigenvalue weighted by atomic mass is 16.3. The summed E-state index contributed by atoms with van der Waals surface area (Å²) in [5, 5.41) is 22.5. The molecule has 2 rings (SSSR count). The molecule has 2 unspecified atom stereocenters. The average molecular weight is 264 g/mol. The van der Waals surface area contributed by atoms with Crippen LogP contribution in [0.5, 0.6) is 11.5 Å². The zero-order valence-electron chi connectivity index (χ0n) is 11.8. The number of likely N-dealkylation sites (tertiary alicyclic amines) is 1. The highest BCUT2D eigenvalue weighted by Gasteiger charge is 2.21. The lowest BCUT2D eigenvalue weighted by Gasteiger charge is -2.18. The van der Waals surface area contributed by atoms with Gasteiger partial charge in [-0.15, -0.1) is 0 Å². The molecule has 4 heteroatoms. The molecule has 19 heavy (non-hydrogen) atoms. The molecule has 3 N–H and O–H groups in total. The molecule has 1 saturated heterocycles. The Morgan fingerprint density at radius 3 is 2.58 bits per heavy atom. The van der Waals surface area contributed by atoms with Crippen LogP contribution in [0.15, 0.2) is 18.2 Å². The Morgan fingerprint density at radius 1 is 1.32 bits per heavy atom. The molecule has 0 bridgehead atoms. The molecule has 2 atom stereocenters. The first-order chi connectivity index (χ1) is 9.08. The largest absolute Gasteiger partial charge is 0.508 e. The third-order valence-electron chi connectivity index (χ3n) is 3.95. The molecule has 1 heterocycles. The van der Waals surface area contributed by atoms with Gasteiger partial charge in [0.1, 0.15) is 11.5 Å². The lowest BCUT2D eigenvalue weighted by molar-refractivity contribution is 0.336. The van der Waals surface area contributed by atoms with E-state index in [2.05, 4.69) is 24.1 Å². The molecule has 0 aromatic heterocycles. The number of benzene rings is 1. The second-order valence-corrected chi connectivity index (χ2v) is 5.46. The predicted molar refractivity (Wildman–Crippen MR) is 76.4 cm³/mol. The third kappa shape index (κ3) is 3.85. The summed E-state index contributed by atoms with van der Waals surface area (Å²) < 4.78 is 0. The second-order valence-electron chi connectivity index (χ2n) is 5.46. The molecule has 1 aromatic rings. The van der Waals surface area contributed by atoms with Gasteiger partial charge < -0.3 is 20.4 Å². The van der Waals surface area contributed by atoms with Crippen molar-refractivity contribution in [1.29, 1.82) is 0 Å². The third-order valence-corrected chi connectivity index (χ3v) is 3.95. The monoisotopic (exact) mass is 264 g/mol. The van der Waals surface area contributed by atoms with Gasteiger partial charge in [0.05, 0.1) is 0 Å². The molecule has 1 aliphatic heterocycles. The minimum absolute atomic E-state index is 0.113. The summed E-state index contributed by atoms with van der Waals surface area (Å²) in [6, 6.07) is 4.88. The Kier molecular flexibility index (Phi) is 4.66. The van der Waals surface area contributed by atoms with E-state index in [4.69, 9.17) is 0 Å². The number of rotatable bonds is 5. The van der Waals surface area contributed by atoms with Crippen molar-refractivity contribution in [3.8, 4) is 11.5 Å². The molecule has 4 nitrogen and oxygen atoms in total. The number of aromatic hydroxyl groups is 2. The molecular weight excluding hydrogens is 240 g/mol. The second kappa shape index (κ2) is 6.26. The molecular formula is C15H24N2O2. The summed E-state index contributed by atoms with van der Waals surface area (Å²) in [6.07, 6.45) is 1.25. The van der Waals surface area contributed by atoms with E-state index in [1.165, 1.54) is 25.6 Å². The molecule has 0 radical (unpaired) electrons. The number of hydrogen-bond acceptors (Lipinski definition) is 4. The standard InChI is InChI=1S/C15H24N2O2/c1-3-17-5-4-12(10-17)9-16-11(2)13-6-14(18)8-15(19)7-13/h6-8,11-12,16,18-19H,3-5,9-10H2,1-2H3. The van der Waals surface area contributed by atoms with Crippen LogP contribution in [0.1, 0.15) is 31.9 Å². The van der Waals surface area contributed by atoms with Gasteiger partial charge in [0.25, 0.3) is 0 Å². The molecule has 106 valence electrons. The summed E-state index contributed by atoms with van der Waals surface area (Å²) in [5.41, 5.74) is 0.919. The maximum absolute atomic E-state index is 9.49. The maximum Gasteiger partial charge on any atom is 0.119 e. The normalized spacial score (nSPS) is 21.7. The van der Waals surface area contributed by atoms with Crippen molar-refractivity contribution in [3.05, 3.63) is 23.8 Å². The molecule has 0 aliphatic carbocycles. The van der Waals surface area contributed by atoms with Crippen LogP contribution in [-0.4, -0.2) is 41.3 Å². The van der Waals surface area contributed by atoms with Crippen molar-refractivity contribution < 1.29 is 10.2 Å². The SMILES string of the molecule is CCN1CCC(CNC(C)c2cc(O)cc(O)c2)C1. The first-order valence-corrected chi connectivity index (χ1v) is 7.07. The number of nitrogens with zero attached hydrogens (tertiary/aromatic N) is 1. The minimum Gasteiger partial charge on any atom is -0.508 e. The van der Waals surface area contributed by atoms with E-state index in [1.54, 1.807) is 12.1 Å². The van der Waals surface area contributed by atoms with Gasteiger partial charge >= 0.3 is 0 Å². The van der Waals surface area contributed by atoms with Crippen molar-refractivity contribution in [2.75, 3.05) is 26.2 Å². The molecule has 0 saturated carbocycles. The zero-order chi connectivity index (χ0) is 13.8. The Hall–Kier alpha value is -1.26. The summed E-state index contributed by atoms with van der Waals surface area (Å²) >= 11 is 0. The van der Waals surface area contributed by atoms with E-state index >= 15 is 0 Å². The predicted octanol–water partition coefficient (Wildman–Crippen LogP) is 2.09. The van der Waals surface area contributed by atoms with Crippen molar-refractivity contribution in [1.82, 2.24) is 10.2 Å². The topological polar surface area (TPSA) is 55.7 Å². The summed E-state index contributed by atoms with van der Waals surface area (Å²) in [4.78, 5) is 2.47. The fourth-order valence-corrected chi connectivity index (χ4v) is 2.70. The lowest BCUT2D eigenvalue weighted by Crippen LogP contribution is -2.28. The number of phenols is 2. The van der Waals surface area contributed by atoms with Crippen molar-refractivity contribution >= 4 is 0 Å². The van der Waals surface area contributed by atoms with E-state index in [0.717, 1.165) is 18.7 Å². The Morgan fingerprint density at radius 2 is 2.00 bits per heavy atom. The van der Waals surface area contributed by atoms with Crippen molar-refractivity contribution in [2.24, 2.45) is 5.92 Å². The van der Waals surface area contributed by atoms with E-state index in [9.17, 15) is 10.2 Å². The van der Waals surface area contributed by atoms with Crippen LogP contribution >= 0.6 is 0 Å². The summed E-state index contributed by atoms with van der Waals surface area (Å²) in [6.45, 7) is 8.74. The van der Waals surface area contributed by atoms with Crippen LogP contribution < -0.4 is 5.32 Å². The first-order valence-electron chi connectivity index (χ1n) is 7.07. The fraction of sp³-hybridized carbons (Fsp3) is 0.600. The average Bonchev–Trinajstić information content (AvgIpc) is 2.82. The number of hydrogen-bond donors (Lipinski definition) is 3. The van der Waals surface area contributed by atoms with Gasteiger partial charge in [-0.25, -0.2) is 0 Å². The molecule has 0 spiro atoms. The maximum atomic E-state index is 9.49. The summed E-state index contributed by atoms with van der Waals surface area (Å²) in [5.74, 6) is 0.927. The van der Waals surface area contributed by atoms with E-state index in [1.807, 2.05) is 0 Å². The zero-order valence-corrected chi connectivity index (χ0v) is 11.8. The van der Waals surface area contributed by atoms with Crippen LogP contribution in [0.25, 0.3) is 0 Å². The lowest BCUT2D eigenvalue weighted by atomic mass is 10.1. The van der Waals surface area contributed by atoms with Crippen LogP contribution in [-0.2, 0) is 0 Å². The van der Waals surface area contributed by atoms with Gasteiger partial charge in [-0.3, -0.25) is 0 Å². The fourth-order valence-electron chi connectivity index (χ4n) is 2.70. The summed E-state index contributed by atoms with van der Waals surface area (Å²) in [7, 11) is 0. The molecule has 0 amide bonds. The van der Waals surface area contributed by atoms with Crippen LogP contribution in [0, 0.1) is 5.92 Å². The van der Waals surface area contributed by atoms with E-state index < -0.39 is 0 Å². The Bertz CT molecular complexity index is 402. The number of nitrogens with one attached hydrogen (secondary N) is 1. The van der Waals surface area contributed by atoms with Crippen molar-refractivity contribution in [3.63, 3.8) is 0 Å². The molecule has 1 aliphatic rings. The van der Waals surface area contributed by atoms with Gasteiger partial charge in [0.15, 0.2) is 0 Å². The highest BCUT2D eigenvalue weighted by molar-refractivity contribution is 5.37. The van der Waals surface area contributed by atoms with Gasteiger partial charge in [-0.05, 0) is 56.6 Å². The molecule has 1 fully saturated rings. The van der Waals surface area contributed by atoms with Crippen LogP contribution in [0.4, 0.5) is 0 Å². The van der Waals surface area contributed by atoms with Gasteiger partial charge in [0.2, 0.25) is 0 Å². The number of phenolic OH excluding ortho intramolecular Hbond substituents is 2. The van der Waals surface area contributed by atoms with Gasteiger partial charge in [-0.1, -0.05) is 6.92 Å². The first kappa shape index (κ1) is 14.2. The van der Waals surface area contributed by atoms with Gasteiger partial charge in [-0.2, -0.15) is 0 Å². The highest BCUT2D eigenvalue weighted by Crippen LogP contribution is 2.25. The van der Waals surface area contributed by atoms with Crippen LogP contribution in [0.2, 0.25) is 0 Å². The Labute approximate surface area is 115 Å². The smallest absolute Gasteiger partial charge is 0.119 e. The van der Waals surface area contributed by atoms with E-state index in [-0.39, 0.29) is 17.5 Å². The van der Waals surface area contributed by atoms with Gasteiger partial charge in [0, 0.05) is 18.7 Å². The Balaban J connectivity index is 1.85. The minimum atomic E-state index is 0.113. The quantitative estimate of drug-likeness (QED) is 0.762. The molecule has 1 aromatic carbocycles.